The number of nitrogens with one attached hydrogen (secondary N) is 1. The molecule has 0 aliphatic rings. The van der Waals surface area contributed by atoms with Crippen molar-refractivity contribution in [1.29, 1.82) is 0 Å². The van der Waals surface area contributed by atoms with Gasteiger partial charge in [0.15, 0.2) is 11.7 Å². The number of thiazole rings is 1. The van der Waals surface area contributed by atoms with Gasteiger partial charge in [-0.2, -0.15) is 0 Å². The van der Waals surface area contributed by atoms with Crippen LogP contribution in [0.15, 0.2) is 48.5 Å². The van der Waals surface area contributed by atoms with Gasteiger partial charge < -0.3 is 9.47 Å². The third kappa shape index (κ3) is 5.20. The Morgan fingerprint density at radius 3 is 2.46 bits per heavy atom. The highest BCUT2D eigenvalue weighted by Crippen LogP contribution is 2.25. The van der Waals surface area contributed by atoms with Gasteiger partial charge >= 0.3 is 0 Å². The van der Waals surface area contributed by atoms with Crippen LogP contribution in [0.2, 0.25) is 0 Å². The van der Waals surface area contributed by atoms with Crippen LogP contribution >= 0.6 is 11.3 Å². The van der Waals surface area contributed by atoms with Crippen LogP contribution in [0.3, 0.4) is 0 Å². The number of nitrogens with zero attached hydrogens (tertiary/aromatic N) is 1. The van der Waals surface area contributed by atoms with Crippen molar-refractivity contribution in [1.82, 2.24) is 4.98 Å². The van der Waals surface area contributed by atoms with Crippen LogP contribution in [0.4, 0.5) is 5.13 Å². The molecule has 1 amide bonds. The van der Waals surface area contributed by atoms with Crippen molar-refractivity contribution in [2.45, 2.75) is 20.3 Å². The molecule has 1 N–H and O–H groups in total. The third-order valence-electron chi connectivity index (χ3n) is 3.70. The van der Waals surface area contributed by atoms with Crippen molar-refractivity contribution in [3.63, 3.8) is 0 Å². The summed E-state index contributed by atoms with van der Waals surface area (Å²) < 4.78 is 12.2. The van der Waals surface area contributed by atoms with E-state index in [1.54, 1.807) is 12.1 Å². The highest BCUT2D eigenvalue weighted by molar-refractivity contribution is 7.22. The van der Waals surface area contributed by atoms with Gasteiger partial charge in [0.25, 0.3) is 5.91 Å². The number of fused-ring (bicyclic) bond motifs is 1. The van der Waals surface area contributed by atoms with E-state index >= 15 is 0 Å². The summed E-state index contributed by atoms with van der Waals surface area (Å²) in [7, 11) is 0. The topological polar surface area (TPSA) is 60.5 Å². The lowest BCUT2D eigenvalue weighted by Crippen LogP contribution is -2.19. The summed E-state index contributed by atoms with van der Waals surface area (Å²) in [6, 6.07) is 15.1. The number of para-hydroxylation sites is 1. The number of carbonyl (C=O) groups excluding carboxylic acids is 1. The molecule has 0 fully saturated rings. The van der Waals surface area contributed by atoms with Gasteiger partial charge in [0.2, 0.25) is 0 Å². The monoisotopic (exact) mass is 370 g/mol. The van der Waals surface area contributed by atoms with E-state index in [2.05, 4.69) is 24.1 Å². The molecule has 0 atom stereocenters. The first-order chi connectivity index (χ1) is 12.6. The van der Waals surface area contributed by atoms with Crippen molar-refractivity contribution in [2.75, 3.05) is 18.5 Å². The van der Waals surface area contributed by atoms with Crippen LogP contribution in [0.1, 0.15) is 20.3 Å². The number of rotatable bonds is 8. The lowest BCUT2D eigenvalue weighted by molar-refractivity contribution is -0.118. The maximum absolute atomic E-state index is 12.0. The van der Waals surface area contributed by atoms with Gasteiger partial charge in [-0.1, -0.05) is 37.3 Å². The number of aromatic nitrogens is 1. The number of carbonyl (C=O) groups is 1. The number of ether oxygens (including phenoxy) is 2. The molecule has 5 nitrogen and oxygen atoms in total. The van der Waals surface area contributed by atoms with E-state index in [-0.39, 0.29) is 12.5 Å². The fourth-order valence-electron chi connectivity index (χ4n) is 2.27. The second kappa shape index (κ2) is 8.67. The van der Waals surface area contributed by atoms with E-state index in [0.29, 0.717) is 23.4 Å². The molecular weight excluding hydrogens is 348 g/mol. The molecule has 0 aliphatic carbocycles. The van der Waals surface area contributed by atoms with Crippen LogP contribution < -0.4 is 14.8 Å². The number of amides is 1. The smallest absolute Gasteiger partial charge is 0.264 e. The largest absolute Gasteiger partial charge is 0.494 e. The second-order valence-corrected chi connectivity index (χ2v) is 7.36. The molecule has 136 valence electrons. The predicted molar refractivity (Wildman–Crippen MR) is 105 cm³/mol. The van der Waals surface area contributed by atoms with E-state index in [9.17, 15) is 4.79 Å². The van der Waals surface area contributed by atoms with Crippen molar-refractivity contribution in [3.05, 3.63) is 48.5 Å². The molecule has 1 aromatic heterocycles. The van der Waals surface area contributed by atoms with Gasteiger partial charge in [0, 0.05) is 0 Å². The van der Waals surface area contributed by atoms with Crippen LogP contribution in [-0.4, -0.2) is 24.1 Å². The zero-order chi connectivity index (χ0) is 18.4. The van der Waals surface area contributed by atoms with Crippen molar-refractivity contribution in [3.8, 4) is 11.5 Å². The van der Waals surface area contributed by atoms with E-state index in [1.807, 2.05) is 36.4 Å². The summed E-state index contributed by atoms with van der Waals surface area (Å²) in [4.78, 5) is 16.4. The first kappa shape index (κ1) is 18.2. The number of hydrogen-bond donors (Lipinski definition) is 1. The molecule has 0 radical (unpaired) electrons. The summed E-state index contributed by atoms with van der Waals surface area (Å²) in [6.07, 6.45) is 1.02. The molecule has 26 heavy (non-hydrogen) atoms. The lowest BCUT2D eigenvalue weighted by Gasteiger charge is -2.09. The normalized spacial score (nSPS) is 10.9. The van der Waals surface area contributed by atoms with Gasteiger partial charge in [-0.15, -0.1) is 0 Å². The summed E-state index contributed by atoms with van der Waals surface area (Å²) >= 11 is 1.44. The number of hydrogen-bond acceptors (Lipinski definition) is 5. The predicted octanol–water partition coefficient (Wildman–Crippen LogP) is 4.74. The Balaban J connectivity index is 1.46. The summed E-state index contributed by atoms with van der Waals surface area (Å²) in [6.45, 7) is 4.96. The fraction of sp³-hybridized carbons (Fsp3) is 0.300. The standard InChI is InChI=1S/C20H22N2O3S/c1-14(2)11-12-24-15-7-9-16(10-8-15)25-13-19(23)22-20-21-17-5-3-4-6-18(17)26-20/h3-10,14H,11-13H2,1-2H3,(H,21,22,23). The van der Waals surface area contributed by atoms with Gasteiger partial charge in [-0.05, 0) is 48.7 Å². The van der Waals surface area contributed by atoms with Crippen LogP contribution in [-0.2, 0) is 4.79 Å². The molecule has 0 spiro atoms. The first-order valence-corrected chi connectivity index (χ1v) is 9.43. The van der Waals surface area contributed by atoms with Gasteiger partial charge in [0.1, 0.15) is 11.5 Å². The lowest BCUT2D eigenvalue weighted by atomic mass is 10.1. The minimum Gasteiger partial charge on any atom is -0.494 e. The first-order valence-electron chi connectivity index (χ1n) is 8.61. The Bertz CT molecular complexity index is 826. The maximum atomic E-state index is 12.0. The van der Waals surface area contributed by atoms with Crippen LogP contribution in [0.25, 0.3) is 10.2 Å². The number of anilines is 1. The van der Waals surface area contributed by atoms with Gasteiger partial charge in [0.05, 0.1) is 16.8 Å². The SMILES string of the molecule is CC(C)CCOc1ccc(OCC(=O)Nc2nc3ccccc3s2)cc1. The zero-order valence-electron chi connectivity index (χ0n) is 14.9. The average molecular weight is 370 g/mol. The van der Waals surface area contributed by atoms with E-state index in [0.717, 1.165) is 22.4 Å². The molecule has 0 unspecified atom stereocenters. The summed E-state index contributed by atoms with van der Waals surface area (Å²) in [5, 5.41) is 3.35. The highest BCUT2D eigenvalue weighted by atomic mass is 32.1. The van der Waals surface area contributed by atoms with E-state index in [1.165, 1.54) is 11.3 Å². The average Bonchev–Trinajstić information content (AvgIpc) is 3.03. The van der Waals surface area contributed by atoms with Crippen molar-refractivity contribution < 1.29 is 14.3 Å². The molecule has 0 aliphatic heterocycles. The van der Waals surface area contributed by atoms with Crippen molar-refractivity contribution >= 4 is 32.6 Å². The molecule has 0 bridgehead atoms. The highest BCUT2D eigenvalue weighted by Gasteiger charge is 2.08. The summed E-state index contributed by atoms with van der Waals surface area (Å²) in [5.74, 6) is 1.81. The Labute approximate surface area is 157 Å². The summed E-state index contributed by atoms with van der Waals surface area (Å²) in [5.41, 5.74) is 0.877. The van der Waals surface area contributed by atoms with Gasteiger partial charge in [-0.3, -0.25) is 10.1 Å². The Morgan fingerprint density at radius 1 is 1.08 bits per heavy atom. The molecule has 3 rings (SSSR count). The van der Waals surface area contributed by atoms with Gasteiger partial charge in [-0.25, -0.2) is 4.98 Å². The molecule has 2 aromatic carbocycles. The molecule has 1 heterocycles. The quantitative estimate of drug-likeness (QED) is 0.622. The third-order valence-corrected chi connectivity index (χ3v) is 4.65. The molecule has 0 saturated carbocycles. The Kier molecular flexibility index (Phi) is 6.07. The molecule has 0 saturated heterocycles. The van der Waals surface area contributed by atoms with E-state index < -0.39 is 0 Å². The fourth-order valence-corrected chi connectivity index (χ4v) is 3.16. The minimum absolute atomic E-state index is 0.0660. The zero-order valence-corrected chi connectivity index (χ0v) is 15.7. The Morgan fingerprint density at radius 2 is 1.77 bits per heavy atom. The molecule has 3 aromatic rings. The van der Waals surface area contributed by atoms with Crippen LogP contribution in [0, 0.1) is 5.92 Å². The van der Waals surface area contributed by atoms with Crippen LogP contribution in [0.5, 0.6) is 11.5 Å². The van der Waals surface area contributed by atoms with E-state index in [4.69, 9.17) is 9.47 Å². The maximum Gasteiger partial charge on any atom is 0.264 e. The molecule has 6 heteroatoms. The second-order valence-electron chi connectivity index (χ2n) is 6.33. The minimum atomic E-state index is -0.235. The Hall–Kier alpha value is -2.60. The van der Waals surface area contributed by atoms with Crippen molar-refractivity contribution in [2.24, 2.45) is 5.92 Å². The number of benzene rings is 2. The molecular formula is C20H22N2O3S.